The van der Waals surface area contributed by atoms with E-state index in [0.717, 1.165) is 11.9 Å². The third kappa shape index (κ3) is 4.57. The molecular formula is C19H18N4O4. The fourth-order valence-electron chi connectivity index (χ4n) is 2.57. The maximum atomic E-state index is 11.3. The minimum Gasteiger partial charge on any atom is -0.502 e. The Labute approximate surface area is 155 Å². The molecule has 0 aliphatic rings. The summed E-state index contributed by atoms with van der Waals surface area (Å²) in [5, 5.41) is 37.7. The Morgan fingerprint density at radius 3 is 2.26 bits per heavy atom. The zero-order chi connectivity index (χ0) is 19.8. The summed E-state index contributed by atoms with van der Waals surface area (Å²) in [6, 6.07) is 13.9. The number of benzene rings is 2. The van der Waals surface area contributed by atoms with Crippen LogP contribution >= 0.6 is 0 Å². The van der Waals surface area contributed by atoms with Crippen molar-refractivity contribution in [3.8, 4) is 22.6 Å². The number of phenolic OH excluding ortho intramolecular Hbond substituents is 2. The molecule has 8 nitrogen and oxygen atoms in total. The number of hydrogen-bond acceptors (Lipinski definition) is 6. The van der Waals surface area contributed by atoms with Crippen LogP contribution in [0.2, 0.25) is 0 Å². The highest BCUT2D eigenvalue weighted by Gasteiger charge is 2.27. The largest absolute Gasteiger partial charge is 0.502 e. The van der Waals surface area contributed by atoms with Crippen molar-refractivity contribution >= 4 is 12.0 Å². The molecule has 0 bridgehead atoms. The van der Waals surface area contributed by atoms with E-state index in [2.05, 4.69) is 10.7 Å². The van der Waals surface area contributed by atoms with Gasteiger partial charge in [-0.05, 0) is 29.3 Å². The molecule has 0 fully saturated rings. The molecule has 27 heavy (non-hydrogen) atoms. The van der Waals surface area contributed by atoms with Crippen molar-refractivity contribution < 1.29 is 15.1 Å². The highest BCUT2D eigenvalue weighted by Crippen LogP contribution is 2.45. The summed E-state index contributed by atoms with van der Waals surface area (Å²) in [6.45, 7) is 0. The zero-order valence-electron chi connectivity index (χ0n) is 14.2. The number of nitrogens with one attached hydrogen (secondary N) is 1. The van der Waals surface area contributed by atoms with Gasteiger partial charge >= 0.3 is 5.69 Å². The fourth-order valence-corrected chi connectivity index (χ4v) is 2.57. The first-order valence-electron chi connectivity index (χ1n) is 7.86. The summed E-state index contributed by atoms with van der Waals surface area (Å²) in [5.74, 6) is -1.06. The van der Waals surface area contributed by atoms with Crippen LogP contribution in [-0.4, -0.2) is 26.5 Å². The minimum absolute atomic E-state index is 0.287. The van der Waals surface area contributed by atoms with Crippen molar-refractivity contribution in [3.05, 3.63) is 82.2 Å². The van der Waals surface area contributed by atoms with Crippen molar-refractivity contribution in [1.82, 2.24) is 4.98 Å². The number of nitro groups is 1. The van der Waals surface area contributed by atoms with Crippen LogP contribution in [0.4, 0.5) is 5.69 Å². The minimum atomic E-state index is -0.771. The number of pyridine rings is 1. The molecule has 1 heterocycles. The first-order chi connectivity index (χ1) is 13.0. The SMILES string of the molecule is N=CN.O=[N+]([O-])c1c(O)c(Cc2ccncc2)cc(-c2ccccc2)c1O. The number of nitrogens with two attached hydrogens (primary N) is 1. The molecule has 0 aliphatic carbocycles. The molecule has 0 saturated heterocycles. The second-order valence-electron chi connectivity index (χ2n) is 5.45. The summed E-state index contributed by atoms with van der Waals surface area (Å²) in [7, 11) is 0. The molecule has 2 aromatic carbocycles. The lowest BCUT2D eigenvalue weighted by molar-refractivity contribution is -0.386. The molecule has 3 rings (SSSR count). The quantitative estimate of drug-likeness (QED) is 0.241. The van der Waals surface area contributed by atoms with Crippen LogP contribution in [0.1, 0.15) is 11.1 Å². The van der Waals surface area contributed by atoms with Crippen LogP contribution in [0, 0.1) is 15.5 Å². The van der Waals surface area contributed by atoms with Crippen LogP contribution < -0.4 is 5.73 Å². The van der Waals surface area contributed by atoms with Gasteiger partial charge in [-0.2, -0.15) is 0 Å². The van der Waals surface area contributed by atoms with E-state index in [4.69, 9.17) is 5.41 Å². The lowest BCUT2D eigenvalue weighted by atomic mass is 9.96. The standard InChI is InChI=1S/C18H14N2O4.CH4N2/c21-17-14(10-12-6-8-19-9-7-12)11-15(13-4-2-1-3-5-13)18(22)16(17)20(23)24;2-1-3/h1-9,11,21-22H,10H2;1H,(H3,2,3). The Kier molecular flexibility index (Phi) is 6.43. The normalized spacial score (nSPS) is 9.78. The summed E-state index contributed by atoms with van der Waals surface area (Å²) in [5.41, 5.74) is 5.86. The molecular weight excluding hydrogens is 348 g/mol. The Balaban J connectivity index is 0.000000817. The van der Waals surface area contributed by atoms with Gasteiger partial charge in [0.25, 0.3) is 0 Å². The van der Waals surface area contributed by atoms with E-state index in [1.807, 2.05) is 6.07 Å². The molecule has 3 aromatic rings. The highest BCUT2D eigenvalue weighted by atomic mass is 16.6. The molecule has 0 aliphatic heterocycles. The van der Waals surface area contributed by atoms with Gasteiger partial charge in [-0.1, -0.05) is 30.3 Å². The Morgan fingerprint density at radius 2 is 1.70 bits per heavy atom. The lowest BCUT2D eigenvalue weighted by Crippen LogP contribution is -1.97. The number of nitrogens with zero attached hydrogens (tertiary/aromatic N) is 2. The van der Waals surface area contributed by atoms with Crippen molar-refractivity contribution in [2.45, 2.75) is 6.42 Å². The summed E-state index contributed by atoms with van der Waals surface area (Å²) in [4.78, 5) is 14.5. The summed E-state index contributed by atoms with van der Waals surface area (Å²) in [6.07, 6.45) is 4.26. The third-order valence-electron chi connectivity index (χ3n) is 3.74. The second kappa shape index (κ2) is 8.95. The van der Waals surface area contributed by atoms with Gasteiger partial charge < -0.3 is 15.9 Å². The van der Waals surface area contributed by atoms with E-state index < -0.39 is 22.1 Å². The second-order valence-corrected chi connectivity index (χ2v) is 5.45. The average Bonchev–Trinajstić information content (AvgIpc) is 2.66. The third-order valence-corrected chi connectivity index (χ3v) is 3.74. The fraction of sp³-hybridized carbons (Fsp3) is 0.0526. The monoisotopic (exact) mass is 366 g/mol. The Hall–Kier alpha value is -3.94. The van der Waals surface area contributed by atoms with E-state index >= 15 is 0 Å². The van der Waals surface area contributed by atoms with E-state index in [1.54, 1.807) is 54.9 Å². The Morgan fingerprint density at radius 1 is 1.11 bits per heavy atom. The first-order valence-corrected chi connectivity index (χ1v) is 7.86. The Bertz CT molecular complexity index is 931. The molecule has 5 N–H and O–H groups in total. The molecule has 0 unspecified atom stereocenters. The van der Waals surface area contributed by atoms with Crippen molar-refractivity contribution in [3.63, 3.8) is 0 Å². The van der Waals surface area contributed by atoms with E-state index in [-0.39, 0.29) is 6.42 Å². The molecule has 0 spiro atoms. The number of nitro benzene ring substituents is 1. The number of aromatic nitrogens is 1. The summed E-state index contributed by atoms with van der Waals surface area (Å²) < 4.78 is 0. The molecule has 1 aromatic heterocycles. The topological polar surface area (TPSA) is 146 Å². The molecule has 0 saturated carbocycles. The number of hydrogen-bond donors (Lipinski definition) is 4. The molecule has 138 valence electrons. The number of rotatable bonds is 4. The van der Waals surface area contributed by atoms with Gasteiger partial charge in [0.05, 0.1) is 11.3 Å². The van der Waals surface area contributed by atoms with Crippen molar-refractivity contribution in [2.24, 2.45) is 5.73 Å². The van der Waals surface area contributed by atoms with Crippen LogP contribution in [0.5, 0.6) is 11.5 Å². The van der Waals surface area contributed by atoms with Gasteiger partial charge in [0.15, 0.2) is 0 Å². The highest BCUT2D eigenvalue weighted by molar-refractivity contribution is 5.79. The maximum absolute atomic E-state index is 11.3. The molecule has 8 heteroatoms. The average molecular weight is 366 g/mol. The van der Waals surface area contributed by atoms with Gasteiger partial charge in [0, 0.05) is 29.9 Å². The first kappa shape index (κ1) is 19.4. The molecule has 0 amide bonds. The van der Waals surface area contributed by atoms with Crippen molar-refractivity contribution in [2.75, 3.05) is 0 Å². The lowest BCUT2D eigenvalue weighted by Gasteiger charge is -2.11. The number of aromatic hydroxyl groups is 2. The summed E-state index contributed by atoms with van der Waals surface area (Å²) >= 11 is 0. The van der Waals surface area contributed by atoms with Crippen molar-refractivity contribution in [1.29, 1.82) is 5.41 Å². The predicted octanol–water partition coefficient (Wildman–Crippen LogP) is 3.21. The van der Waals surface area contributed by atoms with E-state index in [1.165, 1.54) is 0 Å². The zero-order valence-corrected chi connectivity index (χ0v) is 14.2. The smallest absolute Gasteiger partial charge is 0.352 e. The van der Waals surface area contributed by atoms with Gasteiger partial charge in [-0.15, -0.1) is 0 Å². The van der Waals surface area contributed by atoms with Crippen LogP contribution in [-0.2, 0) is 6.42 Å². The molecule has 0 radical (unpaired) electrons. The van der Waals surface area contributed by atoms with Gasteiger partial charge in [0.2, 0.25) is 11.5 Å². The predicted molar refractivity (Wildman–Crippen MR) is 102 cm³/mol. The maximum Gasteiger partial charge on any atom is 0.352 e. The van der Waals surface area contributed by atoms with E-state index in [9.17, 15) is 20.3 Å². The van der Waals surface area contributed by atoms with Gasteiger partial charge in [-0.3, -0.25) is 20.5 Å². The van der Waals surface area contributed by atoms with Crippen LogP contribution in [0.3, 0.4) is 0 Å². The van der Waals surface area contributed by atoms with Gasteiger partial charge in [0.1, 0.15) is 0 Å². The van der Waals surface area contributed by atoms with Crippen LogP contribution in [0.25, 0.3) is 11.1 Å². The number of phenols is 2. The van der Waals surface area contributed by atoms with Gasteiger partial charge in [-0.25, -0.2) is 0 Å². The van der Waals surface area contributed by atoms with Crippen LogP contribution in [0.15, 0.2) is 60.9 Å². The molecule has 0 atom stereocenters. The van der Waals surface area contributed by atoms with E-state index in [0.29, 0.717) is 16.7 Å².